The van der Waals surface area contributed by atoms with Gasteiger partial charge in [0.25, 0.3) is 0 Å². The van der Waals surface area contributed by atoms with E-state index in [2.05, 4.69) is 10.3 Å². The lowest BCUT2D eigenvalue weighted by atomic mass is 10.2. The average Bonchev–Trinajstić information content (AvgIpc) is 2.50. The first-order valence-corrected chi connectivity index (χ1v) is 6.71. The Hall–Kier alpha value is -2.33. The van der Waals surface area contributed by atoms with Crippen LogP contribution in [-0.4, -0.2) is 12.1 Å². The number of rotatable bonds is 3. The molecule has 2 aromatic carbocycles. The summed E-state index contributed by atoms with van der Waals surface area (Å²) in [4.78, 5) is 4.50. The lowest BCUT2D eigenvalue weighted by molar-refractivity contribution is 0.420. The lowest BCUT2D eigenvalue weighted by Gasteiger charge is -2.09. The van der Waals surface area contributed by atoms with Crippen molar-refractivity contribution >= 4 is 34.0 Å². The second kappa shape index (κ2) is 5.58. The first-order valence-electron chi connectivity index (χ1n) is 6.33. The molecule has 3 aromatic rings. The summed E-state index contributed by atoms with van der Waals surface area (Å²) in [5, 5.41) is 4.10. The maximum Gasteiger partial charge on any atom is 0.141 e. The Balaban J connectivity index is 1.96. The molecule has 0 aliphatic heterocycles. The van der Waals surface area contributed by atoms with Crippen molar-refractivity contribution in [1.82, 2.24) is 4.98 Å². The summed E-state index contributed by atoms with van der Waals surface area (Å²) in [6.45, 7) is 0. The zero-order valence-corrected chi connectivity index (χ0v) is 12.0. The Labute approximate surface area is 126 Å². The number of hydrogen-bond donors (Lipinski definition) is 1. The third-order valence-electron chi connectivity index (χ3n) is 3.10. The van der Waals surface area contributed by atoms with E-state index in [9.17, 15) is 4.39 Å². The third kappa shape index (κ3) is 2.76. The van der Waals surface area contributed by atoms with Crippen molar-refractivity contribution in [3.8, 4) is 5.75 Å². The van der Waals surface area contributed by atoms with Gasteiger partial charge in [0, 0.05) is 11.1 Å². The van der Waals surface area contributed by atoms with Crippen LogP contribution in [0.1, 0.15) is 0 Å². The fourth-order valence-electron chi connectivity index (χ4n) is 2.10. The van der Waals surface area contributed by atoms with Crippen LogP contribution in [0.5, 0.6) is 5.75 Å². The minimum Gasteiger partial charge on any atom is -0.496 e. The van der Waals surface area contributed by atoms with Crippen molar-refractivity contribution in [2.75, 3.05) is 12.4 Å². The van der Waals surface area contributed by atoms with Crippen LogP contribution in [0, 0.1) is 5.82 Å². The summed E-state index contributed by atoms with van der Waals surface area (Å²) >= 11 is 5.76. The van der Waals surface area contributed by atoms with Crippen LogP contribution in [0.15, 0.2) is 48.5 Å². The van der Waals surface area contributed by atoms with E-state index in [0.717, 1.165) is 16.7 Å². The first kappa shape index (κ1) is 13.6. The molecule has 0 saturated carbocycles. The standard InChI is InChI=1S/C16H12ClFN2O/c1-21-15-4-2-3-14-11(15)6-8-16(20-14)19-10-5-7-13(18)12(17)9-10/h2-9H,1H3,(H,19,20). The fraction of sp³-hybridized carbons (Fsp3) is 0.0625. The highest BCUT2D eigenvalue weighted by atomic mass is 35.5. The van der Waals surface area contributed by atoms with Gasteiger partial charge in [-0.05, 0) is 42.5 Å². The highest BCUT2D eigenvalue weighted by Gasteiger charge is 2.05. The molecule has 0 saturated heterocycles. The van der Waals surface area contributed by atoms with Crippen molar-refractivity contribution in [2.45, 2.75) is 0 Å². The molecule has 21 heavy (non-hydrogen) atoms. The van der Waals surface area contributed by atoms with Crippen LogP contribution < -0.4 is 10.1 Å². The number of benzene rings is 2. The summed E-state index contributed by atoms with van der Waals surface area (Å²) in [5.74, 6) is 0.980. The SMILES string of the molecule is COc1cccc2nc(Nc3ccc(F)c(Cl)c3)ccc12. The largest absolute Gasteiger partial charge is 0.496 e. The molecule has 5 heteroatoms. The van der Waals surface area contributed by atoms with Gasteiger partial charge in [0.15, 0.2) is 0 Å². The van der Waals surface area contributed by atoms with E-state index in [0.29, 0.717) is 11.5 Å². The summed E-state index contributed by atoms with van der Waals surface area (Å²) in [6, 6.07) is 13.9. The van der Waals surface area contributed by atoms with Gasteiger partial charge in [-0.15, -0.1) is 0 Å². The molecule has 0 bridgehead atoms. The predicted octanol–water partition coefficient (Wildman–Crippen LogP) is 4.78. The van der Waals surface area contributed by atoms with Gasteiger partial charge in [-0.1, -0.05) is 17.7 Å². The fourth-order valence-corrected chi connectivity index (χ4v) is 2.28. The first-order chi connectivity index (χ1) is 10.2. The highest BCUT2D eigenvalue weighted by molar-refractivity contribution is 6.31. The maximum atomic E-state index is 13.1. The predicted molar refractivity (Wildman–Crippen MR) is 83.0 cm³/mol. The molecular formula is C16H12ClFN2O. The molecule has 3 nitrogen and oxygen atoms in total. The maximum absolute atomic E-state index is 13.1. The van der Waals surface area contributed by atoms with E-state index in [1.165, 1.54) is 12.1 Å². The topological polar surface area (TPSA) is 34.1 Å². The minimum atomic E-state index is -0.446. The Morgan fingerprint density at radius 2 is 2.00 bits per heavy atom. The molecular weight excluding hydrogens is 291 g/mol. The van der Waals surface area contributed by atoms with Gasteiger partial charge in [0.1, 0.15) is 17.4 Å². The van der Waals surface area contributed by atoms with Crippen molar-refractivity contribution in [2.24, 2.45) is 0 Å². The van der Waals surface area contributed by atoms with E-state index >= 15 is 0 Å². The van der Waals surface area contributed by atoms with Gasteiger partial charge in [-0.3, -0.25) is 0 Å². The average molecular weight is 303 g/mol. The number of halogens is 2. The van der Waals surface area contributed by atoms with Gasteiger partial charge >= 0.3 is 0 Å². The number of nitrogens with zero attached hydrogens (tertiary/aromatic N) is 1. The summed E-state index contributed by atoms with van der Waals surface area (Å²) < 4.78 is 18.4. The van der Waals surface area contributed by atoms with Gasteiger partial charge in [-0.2, -0.15) is 0 Å². The monoisotopic (exact) mass is 302 g/mol. The smallest absolute Gasteiger partial charge is 0.141 e. The molecule has 0 aliphatic rings. The molecule has 0 unspecified atom stereocenters. The van der Waals surface area contributed by atoms with E-state index in [-0.39, 0.29) is 5.02 Å². The molecule has 0 radical (unpaired) electrons. The number of pyridine rings is 1. The lowest BCUT2D eigenvalue weighted by Crippen LogP contribution is -1.95. The molecule has 0 fully saturated rings. The Kier molecular flexibility index (Phi) is 3.62. The zero-order valence-electron chi connectivity index (χ0n) is 11.2. The van der Waals surface area contributed by atoms with Crippen LogP contribution in [0.25, 0.3) is 10.9 Å². The quantitative estimate of drug-likeness (QED) is 0.756. The number of methoxy groups -OCH3 is 1. The van der Waals surface area contributed by atoms with Crippen LogP contribution in [0.4, 0.5) is 15.9 Å². The van der Waals surface area contributed by atoms with E-state index < -0.39 is 5.82 Å². The van der Waals surface area contributed by atoms with Crippen LogP contribution >= 0.6 is 11.6 Å². The number of hydrogen-bond acceptors (Lipinski definition) is 3. The van der Waals surface area contributed by atoms with Gasteiger partial charge < -0.3 is 10.1 Å². The van der Waals surface area contributed by atoms with E-state index in [1.807, 2.05) is 30.3 Å². The second-order valence-corrected chi connectivity index (χ2v) is 4.88. The summed E-state index contributed by atoms with van der Waals surface area (Å²) in [6.07, 6.45) is 0. The van der Waals surface area contributed by atoms with Crippen molar-refractivity contribution in [3.63, 3.8) is 0 Å². The van der Waals surface area contributed by atoms with Gasteiger partial charge in [-0.25, -0.2) is 9.37 Å². The summed E-state index contributed by atoms with van der Waals surface area (Å²) in [7, 11) is 1.63. The van der Waals surface area contributed by atoms with Crippen molar-refractivity contribution in [3.05, 3.63) is 59.4 Å². The highest BCUT2D eigenvalue weighted by Crippen LogP contribution is 2.27. The van der Waals surface area contributed by atoms with E-state index in [1.54, 1.807) is 13.2 Å². The van der Waals surface area contributed by atoms with Crippen molar-refractivity contribution in [1.29, 1.82) is 0 Å². The molecule has 0 atom stereocenters. The molecule has 0 amide bonds. The molecule has 0 aliphatic carbocycles. The number of anilines is 2. The molecule has 106 valence electrons. The normalized spacial score (nSPS) is 10.6. The molecule has 0 spiro atoms. The Bertz CT molecular complexity index is 807. The van der Waals surface area contributed by atoms with Gasteiger partial charge in [0.2, 0.25) is 0 Å². The van der Waals surface area contributed by atoms with Crippen LogP contribution in [-0.2, 0) is 0 Å². The van der Waals surface area contributed by atoms with Crippen LogP contribution in [0.3, 0.4) is 0 Å². The third-order valence-corrected chi connectivity index (χ3v) is 3.39. The zero-order chi connectivity index (χ0) is 14.8. The Morgan fingerprint density at radius 1 is 1.14 bits per heavy atom. The second-order valence-electron chi connectivity index (χ2n) is 4.48. The Morgan fingerprint density at radius 3 is 2.76 bits per heavy atom. The summed E-state index contributed by atoms with van der Waals surface area (Å²) in [5.41, 5.74) is 1.49. The molecule has 3 rings (SSSR count). The molecule has 1 heterocycles. The number of ether oxygens (including phenoxy) is 1. The van der Waals surface area contributed by atoms with Crippen LogP contribution in [0.2, 0.25) is 5.02 Å². The number of aromatic nitrogens is 1. The minimum absolute atomic E-state index is 0.0717. The van der Waals surface area contributed by atoms with E-state index in [4.69, 9.17) is 16.3 Å². The van der Waals surface area contributed by atoms with Gasteiger partial charge in [0.05, 0.1) is 17.6 Å². The number of fused-ring (bicyclic) bond motifs is 1. The molecule has 1 N–H and O–H groups in total. The van der Waals surface area contributed by atoms with Crippen molar-refractivity contribution < 1.29 is 9.13 Å². The number of nitrogens with one attached hydrogen (secondary N) is 1. The molecule has 1 aromatic heterocycles.